The normalized spacial score (nSPS) is 28.8. The molecule has 1 heterocycles. The molecule has 2 rings (SSSR count). The number of hydrogen-bond donors (Lipinski definition) is 2. The van der Waals surface area contributed by atoms with Crippen molar-refractivity contribution in [2.24, 2.45) is 5.41 Å². The molecular weight excluding hydrogens is 286 g/mol. The SMILES string of the molecule is CC1(CNC(=O)CC2(C(=O)O)CCCCCC2)CCCS1. The molecule has 0 spiro atoms. The van der Waals surface area contributed by atoms with E-state index in [1.165, 1.54) is 6.42 Å². The van der Waals surface area contributed by atoms with Gasteiger partial charge in [0.25, 0.3) is 0 Å². The third-order valence-electron chi connectivity index (χ3n) is 4.97. The molecule has 0 aromatic rings. The Morgan fingerprint density at radius 1 is 1.10 bits per heavy atom. The van der Waals surface area contributed by atoms with Crippen LogP contribution in [0.4, 0.5) is 0 Å². The maximum atomic E-state index is 12.2. The summed E-state index contributed by atoms with van der Waals surface area (Å²) in [7, 11) is 0. The lowest BCUT2D eigenvalue weighted by atomic mass is 9.77. The lowest BCUT2D eigenvalue weighted by molar-refractivity contribution is -0.152. The highest BCUT2D eigenvalue weighted by Gasteiger charge is 2.41. The largest absolute Gasteiger partial charge is 0.481 e. The van der Waals surface area contributed by atoms with Gasteiger partial charge in [0.2, 0.25) is 5.91 Å². The van der Waals surface area contributed by atoms with Crippen LogP contribution in [0.3, 0.4) is 0 Å². The van der Waals surface area contributed by atoms with Crippen molar-refractivity contribution in [1.29, 1.82) is 0 Å². The Hall–Kier alpha value is -0.710. The quantitative estimate of drug-likeness (QED) is 0.765. The molecule has 1 aliphatic heterocycles. The summed E-state index contributed by atoms with van der Waals surface area (Å²) in [5.41, 5.74) is -0.829. The summed E-state index contributed by atoms with van der Waals surface area (Å²) in [5.74, 6) is 0.278. The van der Waals surface area contributed by atoms with Crippen LogP contribution in [-0.2, 0) is 9.59 Å². The Labute approximate surface area is 131 Å². The first-order valence-electron chi connectivity index (χ1n) is 8.10. The van der Waals surface area contributed by atoms with Gasteiger partial charge in [-0.2, -0.15) is 11.8 Å². The number of nitrogens with one attached hydrogen (secondary N) is 1. The molecule has 0 aromatic heterocycles. The molecule has 5 heteroatoms. The first-order valence-corrected chi connectivity index (χ1v) is 9.09. The van der Waals surface area contributed by atoms with Gasteiger partial charge in [-0.05, 0) is 38.4 Å². The van der Waals surface area contributed by atoms with Crippen molar-refractivity contribution in [2.75, 3.05) is 12.3 Å². The average molecular weight is 313 g/mol. The molecule has 21 heavy (non-hydrogen) atoms. The van der Waals surface area contributed by atoms with E-state index in [-0.39, 0.29) is 17.1 Å². The van der Waals surface area contributed by atoms with E-state index in [1.54, 1.807) is 0 Å². The predicted molar refractivity (Wildman–Crippen MR) is 85.5 cm³/mol. The van der Waals surface area contributed by atoms with Gasteiger partial charge >= 0.3 is 5.97 Å². The van der Waals surface area contributed by atoms with Crippen LogP contribution in [0.15, 0.2) is 0 Å². The highest BCUT2D eigenvalue weighted by molar-refractivity contribution is 8.00. The van der Waals surface area contributed by atoms with Crippen molar-refractivity contribution in [3.05, 3.63) is 0 Å². The molecule has 1 atom stereocenters. The molecular formula is C16H27NO3S. The number of carbonyl (C=O) groups excluding carboxylic acids is 1. The molecule has 2 fully saturated rings. The summed E-state index contributed by atoms with van der Waals surface area (Å²) in [6.45, 7) is 2.84. The minimum Gasteiger partial charge on any atom is -0.481 e. The molecule has 0 bridgehead atoms. The van der Waals surface area contributed by atoms with Gasteiger partial charge in [0, 0.05) is 17.7 Å². The number of carboxylic acids is 1. The topological polar surface area (TPSA) is 66.4 Å². The molecule has 1 saturated carbocycles. The second kappa shape index (κ2) is 7.03. The van der Waals surface area contributed by atoms with E-state index in [9.17, 15) is 14.7 Å². The molecule has 0 radical (unpaired) electrons. The smallest absolute Gasteiger partial charge is 0.310 e. The fourth-order valence-electron chi connectivity index (χ4n) is 3.50. The van der Waals surface area contributed by atoms with Crippen molar-refractivity contribution < 1.29 is 14.7 Å². The van der Waals surface area contributed by atoms with Crippen molar-refractivity contribution in [3.8, 4) is 0 Å². The number of amides is 1. The third-order valence-corrected chi connectivity index (χ3v) is 6.51. The maximum absolute atomic E-state index is 12.2. The lowest BCUT2D eigenvalue weighted by Crippen LogP contribution is -2.41. The van der Waals surface area contributed by atoms with Crippen molar-refractivity contribution in [2.45, 2.75) is 69.5 Å². The van der Waals surface area contributed by atoms with E-state index in [0.717, 1.165) is 37.9 Å². The standard InChI is InChI=1S/C16H27NO3S/c1-15(7-6-10-21-15)12-17-13(18)11-16(14(19)20)8-4-2-3-5-9-16/h2-12H2,1H3,(H,17,18)(H,19,20). The van der Waals surface area contributed by atoms with Gasteiger partial charge in [0.05, 0.1) is 5.41 Å². The van der Waals surface area contributed by atoms with Gasteiger partial charge in [-0.25, -0.2) is 0 Å². The maximum Gasteiger partial charge on any atom is 0.310 e. The summed E-state index contributed by atoms with van der Waals surface area (Å²) >= 11 is 1.91. The predicted octanol–water partition coefficient (Wildman–Crippen LogP) is 3.20. The molecule has 120 valence electrons. The number of rotatable bonds is 5. The van der Waals surface area contributed by atoms with Gasteiger partial charge in [0.15, 0.2) is 0 Å². The van der Waals surface area contributed by atoms with Crippen LogP contribution in [0.2, 0.25) is 0 Å². The van der Waals surface area contributed by atoms with E-state index in [1.807, 2.05) is 11.8 Å². The van der Waals surface area contributed by atoms with Crippen LogP contribution in [0.25, 0.3) is 0 Å². The van der Waals surface area contributed by atoms with E-state index in [4.69, 9.17) is 0 Å². The van der Waals surface area contributed by atoms with E-state index in [2.05, 4.69) is 12.2 Å². The van der Waals surface area contributed by atoms with Gasteiger partial charge < -0.3 is 10.4 Å². The number of carboxylic acid groups (broad SMARTS) is 1. The van der Waals surface area contributed by atoms with Crippen molar-refractivity contribution in [1.82, 2.24) is 5.32 Å². The Morgan fingerprint density at radius 3 is 2.29 bits per heavy atom. The average Bonchev–Trinajstić information content (AvgIpc) is 2.72. The van der Waals surface area contributed by atoms with Crippen LogP contribution < -0.4 is 5.32 Å². The van der Waals surface area contributed by atoms with Gasteiger partial charge in [0.1, 0.15) is 0 Å². The number of aliphatic carboxylic acids is 1. The minimum atomic E-state index is -0.829. The highest BCUT2D eigenvalue weighted by atomic mass is 32.2. The number of carbonyl (C=O) groups is 2. The van der Waals surface area contributed by atoms with Crippen molar-refractivity contribution in [3.63, 3.8) is 0 Å². The van der Waals surface area contributed by atoms with Crippen LogP contribution >= 0.6 is 11.8 Å². The Balaban J connectivity index is 1.90. The second-order valence-corrected chi connectivity index (χ2v) is 8.54. The van der Waals surface area contributed by atoms with Crippen LogP contribution in [0, 0.1) is 5.41 Å². The zero-order valence-electron chi connectivity index (χ0n) is 13.0. The monoisotopic (exact) mass is 313 g/mol. The minimum absolute atomic E-state index is 0.0898. The lowest BCUT2D eigenvalue weighted by Gasteiger charge is -2.28. The Bertz CT molecular complexity index is 383. The summed E-state index contributed by atoms with van der Waals surface area (Å²) in [6, 6.07) is 0. The fourth-order valence-corrected chi connectivity index (χ4v) is 4.75. The summed E-state index contributed by atoms with van der Waals surface area (Å²) < 4.78 is 0.134. The van der Waals surface area contributed by atoms with Crippen LogP contribution in [-0.4, -0.2) is 34.0 Å². The number of hydrogen-bond acceptors (Lipinski definition) is 3. The summed E-state index contributed by atoms with van der Waals surface area (Å²) in [6.07, 6.45) is 7.78. The van der Waals surface area contributed by atoms with Crippen molar-refractivity contribution >= 4 is 23.6 Å². The second-order valence-electron chi connectivity index (χ2n) is 6.86. The Kier molecular flexibility index (Phi) is 5.58. The summed E-state index contributed by atoms with van der Waals surface area (Å²) in [4.78, 5) is 24.0. The van der Waals surface area contributed by atoms with E-state index in [0.29, 0.717) is 19.4 Å². The Morgan fingerprint density at radius 2 is 1.76 bits per heavy atom. The third kappa shape index (κ3) is 4.38. The fraction of sp³-hybridized carbons (Fsp3) is 0.875. The number of thioether (sulfide) groups is 1. The zero-order chi connectivity index (χ0) is 15.3. The highest BCUT2D eigenvalue weighted by Crippen LogP contribution is 2.39. The van der Waals surface area contributed by atoms with Gasteiger partial charge in [-0.1, -0.05) is 25.7 Å². The van der Waals surface area contributed by atoms with Crippen LogP contribution in [0.1, 0.15) is 64.7 Å². The van der Waals surface area contributed by atoms with Crippen LogP contribution in [0.5, 0.6) is 0 Å². The van der Waals surface area contributed by atoms with Gasteiger partial charge in [-0.15, -0.1) is 0 Å². The molecule has 2 N–H and O–H groups in total. The molecule has 1 amide bonds. The molecule has 1 unspecified atom stereocenters. The van der Waals surface area contributed by atoms with E-state index < -0.39 is 11.4 Å². The molecule has 1 saturated heterocycles. The molecule has 4 nitrogen and oxygen atoms in total. The van der Waals surface area contributed by atoms with E-state index >= 15 is 0 Å². The molecule has 1 aliphatic carbocycles. The summed E-state index contributed by atoms with van der Waals surface area (Å²) in [5, 5.41) is 12.6. The van der Waals surface area contributed by atoms with Gasteiger partial charge in [-0.3, -0.25) is 9.59 Å². The molecule has 0 aromatic carbocycles. The first kappa shape index (κ1) is 16.7. The zero-order valence-corrected chi connectivity index (χ0v) is 13.8. The molecule has 2 aliphatic rings. The first-order chi connectivity index (χ1) is 9.96.